The highest BCUT2D eigenvalue weighted by Gasteiger charge is 2.33. The Labute approximate surface area is 149 Å². The van der Waals surface area contributed by atoms with Crippen molar-refractivity contribution < 1.29 is 17.9 Å². The van der Waals surface area contributed by atoms with Crippen LogP contribution in [0.15, 0.2) is 53.4 Å². The van der Waals surface area contributed by atoms with Gasteiger partial charge in [-0.15, -0.1) is 0 Å². The molecule has 3 rings (SSSR count). The maximum Gasteiger partial charge on any atom is 0.243 e. The monoisotopic (exact) mass is 361 g/mol. The van der Waals surface area contributed by atoms with Gasteiger partial charge in [-0.2, -0.15) is 4.31 Å². The van der Waals surface area contributed by atoms with Gasteiger partial charge >= 0.3 is 0 Å². The van der Waals surface area contributed by atoms with Crippen molar-refractivity contribution in [2.24, 2.45) is 0 Å². The van der Waals surface area contributed by atoms with Crippen molar-refractivity contribution in [2.75, 3.05) is 26.8 Å². The largest absolute Gasteiger partial charge is 0.497 e. The lowest BCUT2D eigenvalue weighted by Gasteiger charge is -2.17. The Hall–Kier alpha value is -2.05. The van der Waals surface area contributed by atoms with E-state index >= 15 is 0 Å². The molecule has 0 spiro atoms. The van der Waals surface area contributed by atoms with E-state index in [1.807, 2.05) is 31.2 Å². The molecule has 1 saturated heterocycles. The summed E-state index contributed by atoms with van der Waals surface area (Å²) in [6.07, 6.45) is 0.822. The average molecular weight is 361 g/mol. The zero-order chi connectivity index (χ0) is 17.9. The Kier molecular flexibility index (Phi) is 5.30. The third kappa shape index (κ3) is 3.80. The van der Waals surface area contributed by atoms with Crippen LogP contribution in [0.2, 0.25) is 0 Å². The highest BCUT2D eigenvalue weighted by molar-refractivity contribution is 7.89. The van der Waals surface area contributed by atoms with Crippen LogP contribution in [0.25, 0.3) is 0 Å². The van der Waals surface area contributed by atoms with Crippen LogP contribution >= 0.6 is 0 Å². The smallest absolute Gasteiger partial charge is 0.243 e. The number of hydrogen-bond acceptors (Lipinski definition) is 4. The van der Waals surface area contributed by atoms with E-state index in [-0.39, 0.29) is 5.92 Å². The van der Waals surface area contributed by atoms with Gasteiger partial charge in [0.25, 0.3) is 0 Å². The molecule has 6 heteroatoms. The first-order chi connectivity index (χ1) is 12.0. The van der Waals surface area contributed by atoms with Crippen molar-refractivity contribution in [3.8, 4) is 11.5 Å². The lowest BCUT2D eigenvalue weighted by Crippen LogP contribution is -2.28. The molecule has 1 aliphatic heterocycles. The second kappa shape index (κ2) is 7.45. The standard InChI is InChI=1S/C19H23NO4S/c1-3-24-18-8-10-19(11-9-18)25(21,22)20-13-12-16(14-20)15-4-6-17(23-2)7-5-15/h4-11,16H,3,12-14H2,1-2H3. The first kappa shape index (κ1) is 17.8. The van der Waals surface area contributed by atoms with E-state index in [4.69, 9.17) is 9.47 Å². The minimum atomic E-state index is -3.47. The average Bonchev–Trinajstić information content (AvgIpc) is 3.13. The topological polar surface area (TPSA) is 55.8 Å². The fourth-order valence-electron chi connectivity index (χ4n) is 3.12. The number of nitrogens with zero attached hydrogens (tertiary/aromatic N) is 1. The summed E-state index contributed by atoms with van der Waals surface area (Å²) in [5.74, 6) is 1.70. The fourth-order valence-corrected chi connectivity index (χ4v) is 4.62. The van der Waals surface area contributed by atoms with Crippen molar-refractivity contribution in [2.45, 2.75) is 24.2 Å². The number of hydrogen-bond donors (Lipinski definition) is 0. The van der Waals surface area contributed by atoms with E-state index in [1.165, 1.54) is 0 Å². The summed E-state index contributed by atoms with van der Waals surface area (Å²) in [6.45, 7) is 3.49. The highest BCUT2D eigenvalue weighted by atomic mass is 32.2. The number of ether oxygens (including phenoxy) is 2. The summed E-state index contributed by atoms with van der Waals surface area (Å²) < 4.78 is 37.8. The van der Waals surface area contributed by atoms with Crippen LogP contribution in [-0.4, -0.2) is 39.5 Å². The summed E-state index contributed by atoms with van der Waals surface area (Å²) in [5.41, 5.74) is 1.14. The Morgan fingerprint density at radius 1 is 1.04 bits per heavy atom. The van der Waals surface area contributed by atoms with Gasteiger partial charge in [-0.05, 0) is 61.2 Å². The van der Waals surface area contributed by atoms with Crippen LogP contribution in [0, 0.1) is 0 Å². The third-order valence-corrected chi connectivity index (χ3v) is 6.39. The molecule has 1 aliphatic rings. The van der Waals surface area contributed by atoms with E-state index in [0.717, 1.165) is 17.7 Å². The molecule has 0 bridgehead atoms. The molecule has 0 aliphatic carbocycles. The van der Waals surface area contributed by atoms with Crippen molar-refractivity contribution in [3.05, 3.63) is 54.1 Å². The number of methoxy groups -OCH3 is 1. The van der Waals surface area contributed by atoms with E-state index in [9.17, 15) is 8.42 Å². The number of sulfonamides is 1. The molecule has 1 heterocycles. The quantitative estimate of drug-likeness (QED) is 0.792. The normalized spacial score (nSPS) is 18.2. The lowest BCUT2D eigenvalue weighted by atomic mass is 9.99. The van der Waals surface area contributed by atoms with Gasteiger partial charge in [0.05, 0.1) is 18.6 Å². The number of benzene rings is 2. The van der Waals surface area contributed by atoms with Crippen molar-refractivity contribution in [3.63, 3.8) is 0 Å². The van der Waals surface area contributed by atoms with Gasteiger partial charge in [0.15, 0.2) is 0 Å². The van der Waals surface area contributed by atoms with Crippen LogP contribution in [0.4, 0.5) is 0 Å². The summed E-state index contributed by atoms with van der Waals surface area (Å²) in [7, 11) is -1.84. The third-order valence-electron chi connectivity index (χ3n) is 4.51. The molecular weight excluding hydrogens is 338 g/mol. The molecule has 0 saturated carbocycles. The van der Waals surface area contributed by atoms with Crippen molar-refractivity contribution >= 4 is 10.0 Å². The maximum absolute atomic E-state index is 12.8. The minimum absolute atomic E-state index is 0.211. The van der Waals surface area contributed by atoms with E-state index in [1.54, 1.807) is 35.7 Å². The van der Waals surface area contributed by atoms with Crippen LogP contribution in [-0.2, 0) is 10.0 Å². The summed E-state index contributed by atoms with van der Waals surface area (Å²) in [6, 6.07) is 14.5. The van der Waals surface area contributed by atoms with Crippen LogP contribution < -0.4 is 9.47 Å². The first-order valence-electron chi connectivity index (χ1n) is 8.41. The van der Waals surface area contributed by atoms with Gasteiger partial charge in [0, 0.05) is 13.1 Å². The molecule has 0 radical (unpaired) electrons. The van der Waals surface area contributed by atoms with Gasteiger partial charge in [0.1, 0.15) is 11.5 Å². The maximum atomic E-state index is 12.8. The Balaban J connectivity index is 1.73. The molecule has 2 aromatic rings. The second-order valence-electron chi connectivity index (χ2n) is 6.03. The lowest BCUT2D eigenvalue weighted by molar-refractivity contribution is 0.340. The van der Waals surface area contributed by atoms with Crippen molar-refractivity contribution in [1.82, 2.24) is 4.31 Å². The predicted octanol–water partition coefficient (Wildman–Crippen LogP) is 3.27. The molecule has 0 amide bonds. The Bertz CT molecular complexity index is 800. The second-order valence-corrected chi connectivity index (χ2v) is 7.96. The molecule has 2 aromatic carbocycles. The van der Waals surface area contributed by atoms with E-state index < -0.39 is 10.0 Å². The number of rotatable bonds is 6. The summed E-state index contributed by atoms with van der Waals surface area (Å²) >= 11 is 0. The zero-order valence-electron chi connectivity index (χ0n) is 14.5. The molecule has 25 heavy (non-hydrogen) atoms. The van der Waals surface area contributed by atoms with Gasteiger partial charge in [-0.25, -0.2) is 8.42 Å². The van der Waals surface area contributed by atoms with Crippen molar-refractivity contribution in [1.29, 1.82) is 0 Å². The Morgan fingerprint density at radius 3 is 2.28 bits per heavy atom. The van der Waals surface area contributed by atoms with E-state index in [0.29, 0.717) is 30.3 Å². The molecule has 0 aromatic heterocycles. The van der Waals surface area contributed by atoms with Crippen LogP contribution in [0.1, 0.15) is 24.8 Å². The van der Waals surface area contributed by atoms with Crippen LogP contribution in [0.3, 0.4) is 0 Å². The van der Waals surface area contributed by atoms with Gasteiger partial charge in [-0.3, -0.25) is 0 Å². The fraction of sp³-hybridized carbons (Fsp3) is 0.368. The molecule has 1 fully saturated rings. The molecule has 0 N–H and O–H groups in total. The van der Waals surface area contributed by atoms with Gasteiger partial charge in [-0.1, -0.05) is 12.1 Å². The molecule has 1 unspecified atom stereocenters. The predicted molar refractivity (Wildman–Crippen MR) is 96.7 cm³/mol. The van der Waals surface area contributed by atoms with Gasteiger partial charge < -0.3 is 9.47 Å². The Morgan fingerprint density at radius 2 is 1.68 bits per heavy atom. The molecule has 5 nitrogen and oxygen atoms in total. The minimum Gasteiger partial charge on any atom is -0.497 e. The molecular formula is C19H23NO4S. The summed E-state index contributed by atoms with van der Waals surface area (Å²) in [5, 5.41) is 0. The highest BCUT2D eigenvalue weighted by Crippen LogP contribution is 2.32. The summed E-state index contributed by atoms with van der Waals surface area (Å²) in [4.78, 5) is 0.311. The SMILES string of the molecule is CCOc1ccc(S(=O)(=O)N2CCC(c3ccc(OC)cc3)C2)cc1. The first-order valence-corrected chi connectivity index (χ1v) is 9.85. The van der Waals surface area contributed by atoms with Gasteiger partial charge in [0.2, 0.25) is 10.0 Å². The van der Waals surface area contributed by atoms with Crippen LogP contribution in [0.5, 0.6) is 11.5 Å². The molecule has 134 valence electrons. The van der Waals surface area contributed by atoms with E-state index in [2.05, 4.69) is 0 Å². The zero-order valence-corrected chi connectivity index (χ0v) is 15.3. The molecule has 1 atom stereocenters.